The molecule has 0 radical (unpaired) electrons. The second-order valence-electron chi connectivity index (χ2n) is 4.41. The van der Waals surface area contributed by atoms with Gasteiger partial charge >= 0.3 is 5.97 Å². The molecule has 0 saturated heterocycles. The van der Waals surface area contributed by atoms with Crippen molar-refractivity contribution in [1.29, 1.82) is 0 Å². The van der Waals surface area contributed by atoms with E-state index in [1.807, 2.05) is 6.92 Å². The Labute approximate surface area is 92.7 Å². The van der Waals surface area contributed by atoms with Crippen LogP contribution in [0.5, 0.6) is 0 Å². The van der Waals surface area contributed by atoms with E-state index in [4.69, 9.17) is 5.11 Å². The minimum atomic E-state index is -0.726. The highest BCUT2D eigenvalue weighted by Crippen LogP contribution is 2.12. The van der Waals surface area contributed by atoms with Gasteiger partial charge in [0, 0.05) is 0 Å². The Hall–Kier alpha value is -1.05. The quantitative estimate of drug-likeness (QED) is 0.677. The summed E-state index contributed by atoms with van der Waals surface area (Å²) in [5, 5.41) is 8.61. The second kappa shape index (κ2) is 7.27. The fraction of sp³-hybridized carbons (Fsp3) is 0.615. The van der Waals surface area contributed by atoms with E-state index in [9.17, 15) is 4.79 Å². The molecular weight excluding hydrogens is 188 g/mol. The molecule has 0 saturated carbocycles. The summed E-state index contributed by atoms with van der Waals surface area (Å²) in [7, 11) is 0. The summed E-state index contributed by atoms with van der Waals surface area (Å²) in [6, 6.07) is 0. The molecule has 0 aliphatic heterocycles. The number of carboxylic acids is 1. The first-order chi connectivity index (χ1) is 6.91. The van der Waals surface area contributed by atoms with Gasteiger partial charge in [-0.2, -0.15) is 0 Å². The Morgan fingerprint density at radius 1 is 1.33 bits per heavy atom. The van der Waals surface area contributed by atoms with Crippen LogP contribution in [0.1, 0.15) is 47.0 Å². The van der Waals surface area contributed by atoms with Crippen LogP contribution in [0.3, 0.4) is 0 Å². The van der Waals surface area contributed by atoms with Crippen LogP contribution in [0.25, 0.3) is 0 Å². The molecule has 0 heterocycles. The predicted molar refractivity (Wildman–Crippen MR) is 63.8 cm³/mol. The van der Waals surface area contributed by atoms with Crippen LogP contribution in [-0.2, 0) is 4.79 Å². The Kier molecular flexibility index (Phi) is 6.76. The van der Waals surface area contributed by atoms with Gasteiger partial charge in [0.05, 0.1) is 6.42 Å². The first-order valence-electron chi connectivity index (χ1n) is 5.44. The first-order valence-corrected chi connectivity index (χ1v) is 5.44. The molecule has 2 nitrogen and oxygen atoms in total. The highest BCUT2D eigenvalue weighted by Gasteiger charge is 2.04. The number of hydrogen-bond acceptors (Lipinski definition) is 1. The molecule has 0 aromatic carbocycles. The average molecular weight is 210 g/mol. The first kappa shape index (κ1) is 13.9. The van der Waals surface area contributed by atoms with E-state index in [1.54, 1.807) is 0 Å². The minimum absolute atomic E-state index is 0.134. The van der Waals surface area contributed by atoms with Crippen LogP contribution in [0.2, 0.25) is 0 Å². The predicted octanol–water partition coefficient (Wildman–Crippen LogP) is 3.79. The lowest BCUT2D eigenvalue weighted by molar-refractivity contribution is -0.137. The number of carboxylic acid groups (broad SMARTS) is 1. The molecule has 2 heteroatoms. The Bertz CT molecular complexity index is 258. The third-order valence-electron chi connectivity index (χ3n) is 2.16. The van der Waals surface area contributed by atoms with Crippen LogP contribution in [-0.4, -0.2) is 11.1 Å². The van der Waals surface area contributed by atoms with Crippen LogP contribution in [0.15, 0.2) is 23.3 Å². The van der Waals surface area contributed by atoms with Gasteiger partial charge in [-0.15, -0.1) is 0 Å². The maximum absolute atomic E-state index is 10.5. The molecule has 0 aromatic rings. The highest BCUT2D eigenvalue weighted by molar-refractivity contribution is 5.67. The monoisotopic (exact) mass is 210 g/mol. The van der Waals surface area contributed by atoms with Crippen LogP contribution in [0, 0.1) is 5.92 Å². The summed E-state index contributed by atoms with van der Waals surface area (Å²) in [6.07, 6.45) is 6.56. The standard InChI is InChI=1S/C13H22O2/c1-10(2)6-5-7-11(3)8-12(4)9-13(14)15/h6,8,12H,5,7,9H2,1-4H3,(H,14,15)/b11-8+. The molecule has 15 heavy (non-hydrogen) atoms. The van der Waals surface area contributed by atoms with Crippen LogP contribution in [0.4, 0.5) is 0 Å². The summed E-state index contributed by atoms with van der Waals surface area (Å²) in [5.41, 5.74) is 2.61. The van der Waals surface area contributed by atoms with Gasteiger partial charge < -0.3 is 5.11 Å². The molecule has 86 valence electrons. The van der Waals surface area contributed by atoms with Crippen molar-refractivity contribution in [2.24, 2.45) is 5.92 Å². The van der Waals surface area contributed by atoms with Crippen LogP contribution < -0.4 is 0 Å². The maximum Gasteiger partial charge on any atom is 0.303 e. The third-order valence-corrected chi connectivity index (χ3v) is 2.16. The van der Waals surface area contributed by atoms with Gasteiger partial charge in [-0.1, -0.05) is 30.2 Å². The van der Waals surface area contributed by atoms with Gasteiger partial charge in [0.15, 0.2) is 0 Å². The lowest BCUT2D eigenvalue weighted by Gasteiger charge is -2.05. The fourth-order valence-electron chi connectivity index (χ4n) is 1.49. The summed E-state index contributed by atoms with van der Waals surface area (Å²) < 4.78 is 0. The van der Waals surface area contributed by atoms with Crippen molar-refractivity contribution in [2.45, 2.75) is 47.0 Å². The van der Waals surface area contributed by atoms with Crippen molar-refractivity contribution in [3.05, 3.63) is 23.3 Å². The van der Waals surface area contributed by atoms with Crippen LogP contribution >= 0.6 is 0 Å². The van der Waals surface area contributed by atoms with Crippen molar-refractivity contribution < 1.29 is 9.90 Å². The van der Waals surface area contributed by atoms with Crippen molar-refractivity contribution in [3.8, 4) is 0 Å². The zero-order chi connectivity index (χ0) is 11.8. The largest absolute Gasteiger partial charge is 0.481 e. The molecule has 1 atom stereocenters. The van der Waals surface area contributed by atoms with Crippen molar-refractivity contribution >= 4 is 5.97 Å². The van der Waals surface area contributed by atoms with E-state index < -0.39 is 5.97 Å². The SMILES string of the molecule is CC(C)=CCC/C(C)=C/C(C)CC(=O)O. The Morgan fingerprint density at radius 3 is 2.40 bits per heavy atom. The van der Waals surface area contributed by atoms with Crippen molar-refractivity contribution in [1.82, 2.24) is 0 Å². The maximum atomic E-state index is 10.5. The lowest BCUT2D eigenvalue weighted by atomic mass is 10.0. The summed E-state index contributed by atoms with van der Waals surface area (Å²) in [4.78, 5) is 10.5. The Balaban J connectivity index is 3.97. The van der Waals surface area contributed by atoms with Crippen molar-refractivity contribution in [2.75, 3.05) is 0 Å². The number of hydrogen-bond donors (Lipinski definition) is 1. The number of carbonyl (C=O) groups is 1. The van der Waals surface area contributed by atoms with Gasteiger partial charge in [0.1, 0.15) is 0 Å². The molecule has 1 N–H and O–H groups in total. The fourth-order valence-corrected chi connectivity index (χ4v) is 1.49. The third kappa shape index (κ3) is 9.26. The minimum Gasteiger partial charge on any atom is -0.481 e. The number of allylic oxidation sites excluding steroid dienone is 4. The smallest absolute Gasteiger partial charge is 0.303 e. The molecular formula is C13H22O2. The molecule has 0 bridgehead atoms. The molecule has 1 unspecified atom stereocenters. The van der Waals surface area contributed by atoms with Gasteiger partial charge in [0.2, 0.25) is 0 Å². The second-order valence-corrected chi connectivity index (χ2v) is 4.41. The normalized spacial score (nSPS) is 13.5. The van der Waals surface area contributed by atoms with Crippen molar-refractivity contribution in [3.63, 3.8) is 0 Å². The molecule has 0 aromatic heterocycles. The molecule has 0 spiro atoms. The van der Waals surface area contributed by atoms with Gasteiger partial charge in [0.25, 0.3) is 0 Å². The molecule has 0 aliphatic carbocycles. The summed E-state index contributed by atoms with van der Waals surface area (Å²) in [5.74, 6) is -0.593. The average Bonchev–Trinajstić information content (AvgIpc) is 2.00. The zero-order valence-electron chi connectivity index (χ0n) is 10.2. The Morgan fingerprint density at radius 2 is 1.93 bits per heavy atom. The molecule has 0 rings (SSSR count). The highest BCUT2D eigenvalue weighted by atomic mass is 16.4. The van der Waals surface area contributed by atoms with E-state index in [-0.39, 0.29) is 12.3 Å². The van der Waals surface area contributed by atoms with E-state index in [0.29, 0.717) is 0 Å². The lowest BCUT2D eigenvalue weighted by Crippen LogP contribution is -2.01. The topological polar surface area (TPSA) is 37.3 Å². The summed E-state index contributed by atoms with van der Waals surface area (Å²) >= 11 is 0. The molecule has 0 amide bonds. The van der Waals surface area contributed by atoms with E-state index in [0.717, 1.165) is 12.8 Å². The van der Waals surface area contributed by atoms with Gasteiger partial charge in [-0.05, 0) is 39.5 Å². The summed E-state index contributed by atoms with van der Waals surface area (Å²) in [6.45, 7) is 8.19. The molecule has 0 fully saturated rings. The van der Waals surface area contributed by atoms with E-state index in [2.05, 4.69) is 32.9 Å². The number of aliphatic carboxylic acids is 1. The number of rotatable bonds is 6. The van der Waals surface area contributed by atoms with Gasteiger partial charge in [-0.25, -0.2) is 0 Å². The zero-order valence-corrected chi connectivity index (χ0v) is 10.2. The van der Waals surface area contributed by atoms with E-state index >= 15 is 0 Å². The molecule has 0 aliphatic rings. The van der Waals surface area contributed by atoms with Gasteiger partial charge in [-0.3, -0.25) is 4.79 Å². The van der Waals surface area contributed by atoms with E-state index in [1.165, 1.54) is 11.1 Å².